The predicted molar refractivity (Wildman–Crippen MR) is 89.0 cm³/mol. The van der Waals surface area contributed by atoms with Crippen molar-refractivity contribution in [3.05, 3.63) is 57.8 Å². The Morgan fingerprint density at radius 3 is 2.71 bits per heavy atom. The minimum atomic E-state index is -1.03. The molecule has 6 nitrogen and oxygen atoms in total. The number of aryl methyl sites for hydroxylation is 1. The minimum absolute atomic E-state index is 0.200. The molecule has 1 N–H and O–H groups in total. The smallest absolute Gasteiger partial charge is 0.275 e. The van der Waals surface area contributed by atoms with Crippen molar-refractivity contribution in [2.75, 3.05) is 18.0 Å². The third kappa shape index (κ3) is 2.38. The summed E-state index contributed by atoms with van der Waals surface area (Å²) in [4.78, 5) is 18.9. The zero-order valence-corrected chi connectivity index (χ0v) is 13.8. The summed E-state index contributed by atoms with van der Waals surface area (Å²) in [6.07, 6.45) is 0.688. The maximum Gasteiger partial charge on any atom is 0.275 e. The Bertz CT molecular complexity index is 960. The van der Waals surface area contributed by atoms with E-state index in [9.17, 15) is 14.3 Å². The third-order valence-electron chi connectivity index (χ3n) is 4.21. The van der Waals surface area contributed by atoms with Gasteiger partial charge < -0.3 is 10.0 Å². The van der Waals surface area contributed by atoms with Gasteiger partial charge in [0.05, 0.1) is 13.1 Å². The molecule has 4 rings (SSSR count). The summed E-state index contributed by atoms with van der Waals surface area (Å²) in [5, 5.41) is 15.6. The fourth-order valence-corrected chi connectivity index (χ4v) is 3.74. The maximum absolute atomic E-state index is 13.0. The van der Waals surface area contributed by atoms with E-state index < -0.39 is 5.60 Å². The summed E-state index contributed by atoms with van der Waals surface area (Å²) in [5.74, 6) is -0.332. The summed E-state index contributed by atoms with van der Waals surface area (Å²) in [6, 6.07) is 7.34. The molecule has 1 aliphatic heterocycles. The van der Waals surface area contributed by atoms with E-state index in [2.05, 4.69) is 10.1 Å². The van der Waals surface area contributed by atoms with Crippen LogP contribution in [-0.2, 0) is 12.0 Å². The Labute approximate surface area is 140 Å². The van der Waals surface area contributed by atoms with Gasteiger partial charge in [0.25, 0.3) is 5.56 Å². The molecule has 0 amide bonds. The lowest BCUT2D eigenvalue weighted by atomic mass is 9.86. The van der Waals surface area contributed by atoms with Crippen LogP contribution in [0.15, 0.2) is 35.1 Å². The van der Waals surface area contributed by atoms with Crippen molar-refractivity contribution < 1.29 is 9.50 Å². The molecule has 3 aromatic rings. The van der Waals surface area contributed by atoms with Gasteiger partial charge in [-0.2, -0.15) is 4.52 Å². The van der Waals surface area contributed by atoms with Crippen LogP contribution in [0.25, 0.3) is 4.96 Å². The molecule has 0 aliphatic carbocycles. The monoisotopic (exact) mass is 346 g/mol. The lowest BCUT2D eigenvalue weighted by Gasteiger charge is -2.46. The average molecular weight is 346 g/mol. The van der Waals surface area contributed by atoms with E-state index in [1.54, 1.807) is 12.1 Å². The second-order valence-corrected chi connectivity index (χ2v) is 6.85. The molecule has 0 spiro atoms. The van der Waals surface area contributed by atoms with Crippen molar-refractivity contribution in [3.63, 3.8) is 0 Å². The highest BCUT2D eigenvalue weighted by atomic mass is 32.1. The van der Waals surface area contributed by atoms with E-state index >= 15 is 0 Å². The zero-order valence-electron chi connectivity index (χ0n) is 12.9. The number of hydrogen-bond donors (Lipinski definition) is 1. The van der Waals surface area contributed by atoms with Gasteiger partial charge in [0.1, 0.15) is 11.4 Å². The summed E-state index contributed by atoms with van der Waals surface area (Å²) < 4.78 is 14.3. The van der Waals surface area contributed by atoms with Gasteiger partial charge in [-0.25, -0.2) is 9.37 Å². The van der Waals surface area contributed by atoms with Crippen LogP contribution < -0.4 is 10.5 Å². The molecule has 8 heteroatoms. The molecule has 1 aliphatic rings. The molecule has 0 atom stereocenters. The maximum atomic E-state index is 13.0. The lowest BCUT2D eigenvalue weighted by Crippen LogP contribution is -2.59. The predicted octanol–water partition coefficient (Wildman–Crippen LogP) is 1.56. The molecular weight excluding hydrogens is 331 g/mol. The van der Waals surface area contributed by atoms with Crippen LogP contribution in [0.3, 0.4) is 0 Å². The highest BCUT2D eigenvalue weighted by Gasteiger charge is 2.44. The van der Waals surface area contributed by atoms with E-state index in [1.807, 2.05) is 11.8 Å². The molecule has 1 saturated heterocycles. The number of halogens is 1. The zero-order chi connectivity index (χ0) is 16.9. The normalized spacial score (nSPS) is 16.4. The molecule has 1 fully saturated rings. The molecule has 1 aromatic carbocycles. The number of aromatic nitrogens is 3. The van der Waals surface area contributed by atoms with Crippen LogP contribution in [0.4, 0.5) is 9.52 Å². The number of nitrogens with zero attached hydrogens (tertiary/aromatic N) is 4. The Balaban J connectivity index is 1.60. The van der Waals surface area contributed by atoms with E-state index in [0.717, 1.165) is 5.69 Å². The topological polar surface area (TPSA) is 70.7 Å². The quantitative estimate of drug-likeness (QED) is 0.779. The number of benzene rings is 1. The summed E-state index contributed by atoms with van der Waals surface area (Å²) in [7, 11) is 0. The second kappa shape index (κ2) is 5.35. The van der Waals surface area contributed by atoms with E-state index in [0.29, 0.717) is 35.2 Å². The molecular formula is C16H15FN4O2S. The van der Waals surface area contributed by atoms with Crippen molar-refractivity contribution in [3.8, 4) is 0 Å². The largest absolute Gasteiger partial charge is 0.381 e. The van der Waals surface area contributed by atoms with Crippen molar-refractivity contribution in [1.29, 1.82) is 0 Å². The van der Waals surface area contributed by atoms with Gasteiger partial charge in [-0.1, -0.05) is 30.4 Å². The first-order valence-corrected chi connectivity index (χ1v) is 8.43. The van der Waals surface area contributed by atoms with Crippen LogP contribution in [0.1, 0.15) is 18.2 Å². The van der Waals surface area contributed by atoms with Gasteiger partial charge in [-0.15, -0.1) is 5.10 Å². The first kappa shape index (κ1) is 15.2. The molecule has 24 heavy (non-hydrogen) atoms. The third-order valence-corrected chi connectivity index (χ3v) is 5.18. The Kier molecular flexibility index (Phi) is 3.40. The summed E-state index contributed by atoms with van der Waals surface area (Å²) >= 11 is 1.32. The molecule has 0 unspecified atom stereocenters. The van der Waals surface area contributed by atoms with Crippen molar-refractivity contribution in [2.45, 2.75) is 18.9 Å². The van der Waals surface area contributed by atoms with Gasteiger partial charge in [-0.3, -0.25) is 4.79 Å². The van der Waals surface area contributed by atoms with Gasteiger partial charge in [-0.05, 0) is 24.1 Å². The highest BCUT2D eigenvalue weighted by molar-refractivity contribution is 7.20. The van der Waals surface area contributed by atoms with Crippen molar-refractivity contribution in [1.82, 2.24) is 14.6 Å². The minimum Gasteiger partial charge on any atom is -0.381 e. The molecule has 0 saturated carbocycles. The number of fused-ring (bicyclic) bond motifs is 1. The summed E-state index contributed by atoms with van der Waals surface area (Å²) in [5.41, 5.74) is 0.179. The summed E-state index contributed by atoms with van der Waals surface area (Å²) in [6.45, 7) is 2.63. The number of β-amino-alcohol motifs (C(OH)–C–C–N with tert-alkyl or cyclic N) is 1. The molecule has 0 radical (unpaired) electrons. The van der Waals surface area contributed by atoms with Crippen LogP contribution in [0.2, 0.25) is 0 Å². The highest BCUT2D eigenvalue weighted by Crippen LogP contribution is 2.36. The average Bonchev–Trinajstić information content (AvgIpc) is 2.96. The van der Waals surface area contributed by atoms with Gasteiger partial charge >= 0.3 is 0 Å². The standard InChI is InChI=1S/C16H15FN4O2S/c1-2-12-7-13(22)21-14(18-12)24-15(19-21)20-8-16(23,9-20)10-3-5-11(17)6-4-10/h3-7,23H,2,8-9H2,1H3. The van der Waals surface area contributed by atoms with Crippen LogP contribution in [0, 0.1) is 5.82 Å². The van der Waals surface area contributed by atoms with Gasteiger partial charge in [0.2, 0.25) is 10.1 Å². The number of hydrogen-bond acceptors (Lipinski definition) is 6. The molecule has 2 aromatic heterocycles. The SMILES string of the molecule is CCc1cc(=O)n2nc(N3CC(O)(c4ccc(F)cc4)C3)sc2n1. The Morgan fingerprint density at radius 1 is 1.33 bits per heavy atom. The fourth-order valence-electron chi connectivity index (χ4n) is 2.82. The number of rotatable bonds is 3. The van der Waals surface area contributed by atoms with Crippen LogP contribution in [-0.4, -0.2) is 32.8 Å². The Hall–Kier alpha value is -2.32. The van der Waals surface area contributed by atoms with Crippen LogP contribution >= 0.6 is 11.3 Å². The van der Waals surface area contributed by atoms with Gasteiger partial charge in [0, 0.05) is 11.8 Å². The van der Waals surface area contributed by atoms with E-state index in [4.69, 9.17) is 0 Å². The lowest BCUT2D eigenvalue weighted by molar-refractivity contribution is 0.00737. The fraction of sp³-hybridized carbons (Fsp3) is 0.312. The van der Waals surface area contributed by atoms with Crippen LogP contribution in [0.5, 0.6) is 0 Å². The van der Waals surface area contributed by atoms with E-state index in [1.165, 1.54) is 34.1 Å². The Morgan fingerprint density at radius 2 is 2.04 bits per heavy atom. The molecule has 124 valence electrons. The number of anilines is 1. The van der Waals surface area contributed by atoms with Crippen molar-refractivity contribution in [2.24, 2.45) is 0 Å². The molecule has 3 heterocycles. The van der Waals surface area contributed by atoms with Crippen molar-refractivity contribution >= 4 is 21.4 Å². The first-order chi connectivity index (χ1) is 11.5. The second-order valence-electron chi connectivity index (χ2n) is 5.91. The van der Waals surface area contributed by atoms with E-state index in [-0.39, 0.29) is 11.4 Å². The molecule has 0 bridgehead atoms. The van der Waals surface area contributed by atoms with Gasteiger partial charge in [0.15, 0.2) is 0 Å². The first-order valence-electron chi connectivity index (χ1n) is 7.62. The number of aliphatic hydroxyl groups is 1.